The van der Waals surface area contributed by atoms with Gasteiger partial charge < -0.3 is 14.8 Å². The highest BCUT2D eigenvalue weighted by atomic mass is 32.2. The molecule has 0 spiro atoms. The van der Waals surface area contributed by atoms with Crippen molar-refractivity contribution in [1.82, 2.24) is 8.87 Å². The van der Waals surface area contributed by atoms with E-state index in [1.54, 1.807) is 6.20 Å². The highest BCUT2D eigenvalue weighted by Crippen LogP contribution is 2.37. The number of sulfonamides is 1. The van der Waals surface area contributed by atoms with Gasteiger partial charge in [-0.15, -0.1) is 6.58 Å². The molecule has 0 atom stereocenters. The van der Waals surface area contributed by atoms with Crippen molar-refractivity contribution in [2.75, 3.05) is 19.7 Å². The van der Waals surface area contributed by atoms with Gasteiger partial charge in [-0.1, -0.05) is 6.08 Å². The summed E-state index contributed by atoms with van der Waals surface area (Å²) in [5.74, 6) is 0. The number of rotatable bonds is 8. The molecule has 2 N–H and O–H groups in total. The molecule has 112 valence electrons. The van der Waals surface area contributed by atoms with E-state index in [0.717, 1.165) is 12.8 Å². The smallest absolute Gasteiger partial charge is 0.244 e. The van der Waals surface area contributed by atoms with Gasteiger partial charge >= 0.3 is 0 Å². The summed E-state index contributed by atoms with van der Waals surface area (Å²) >= 11 is 0. The van der Waals surface area contributed by atoms with E-state index in [4.69, 9.17) is 5.11 Å². The van der Waals surface area contributed by atoms with Crippen LogP contribution in [0.1, 0.15) is 24.6 Å². The molecule has 1 aliphatic rings. The van der Waals surface area contributed by atoms with Crippen molar-refractivity contribution in [3.05, 3.63) is 30.6 Å². The number of hydrogen-bond acceptors (Lipinski definition) is 4. The summed E-state index contributed by atoms with van der Waals surface area (Å²) in [4.78, 5) is 0.156. The SMILES string of the molecule is C=CCN(CCO)S(=O)(=O)c1cc(CO)n(C2CC2)c1. The summed E-state index contributed by atoms with van der Waals surface area (Å²) in [5, 5.41) is 18.3. The van der Waals surface area contributed by atoms with Gasteiger partial charge in [0.1, 0.15) is 4.90 Å². The largest absolute Gasteiger partial charge is 0.395 e. The molecule has 2 rings (SSSR count). The van der Waals surface area contributed by atoms with Crippen molar-refractivity contribution in [1.29, 1.82) is 0 Å². The summed E-state index contributed by atoms with van der Waals surface area (Å²) in [6, 6.07) is 1.80. The van der Waals surface area contributed by atoms with Crippen LogP contribution in [-0.2, 0) is 16.6 Å². The van der Waals surface area contributed by atoms with Crippen LogP contribution in [0, 0.1) is 0 Å². The first kappa shape index (κ1) is 15.2. The van der Waals surface area contributed by atoms with Crippen molar-refractivity contribution < 1.29 is 18.6 Å². The third-order valence-corrected chi connectivity index (χ3v) is 5.16. The second-order valence-corrected chi connectivity index (χ2v) is 6.78. The topological polar surface area (TPSA) is 82.8 Å². The average Bonchev–Trinajstić information content (AvgIpc) is 3.17. The molecule has 0 aliphatic heterocycles. The Morgan fingerprint density at radius 2 is 2.15 bits per heavy atom. The van der Waals surface area contributed by atoms with Crippen molar-refractivity contribution in [2.45, 2.75) is 30.4 Å². The summed E-state index contributed by atoms with van der Waals surface area (Å²) in [6.07, 6.45) is 5.08. The maximum absolute atomic E-state index is 12.5. The Bertz CT molecular complexity index is 575. The van der Waals surface area contributed by atoms with Crippen LogP contribution in [-0.4, -0.2) is 47.2 Å². The van der Waals surface area contributed by atoms with E-state index in [-0.39, 0.29) is 31.2 Å². The van der Waals surface area contributed by atoms with Gasteiger partial charge in [0.15, 0.2) is 0 Å². The van der Waals surface area contributed by atoms with Gasteiger partial charge in [-0.2, -0.15) is 4.31 Å². The number of aromatic nitrogens is 1. The van der Waals surface area contributed by atoms with Crippen molar-refractivity contribution in [3.8, 4) is 0 Å². The van der Waals surface area contributed by atoms with Crippen LogP contribution in [0.3, 0.4) is 0 Å². The normalized spacial score (nSPS) is 15.8. The zero-order valence-corrected chi connectivity index (χ0v) is 12.1. The van der Waals surface area contributed by atoms with Crippen molar-refractivity contribution >= 4 is 10.0 Å². The molecule has 1 aromatic heterocycles. The molecular weight excluding hydrogens is 280 g/mol. The Morgan fingerprint density at radius 1 is 1.45 bits per heavy atom. The van der Waals surface area contributed by atoms with Crippen LogP contribution in [0.15, 0.2) is 29.8 Å². The van der Waals surface area contributed by atoms with Gasteiger partial charge in [-0.3, -0.25) is 0 Å². The summed E-state index contributed by atoms with van der Waals surface area (Å²) < 4.78 is 28.0. The maximum atomic E-state index is 12.5. The first-order valence-corrected chi connectivity index (χ1v) is 8.02. The first-order chi connectivity index (χ1) is 9.54. The van der Waals surface area contributed by atoms with Gasteiger partial charge in [-0.05, 0) is 18.9 Å². The van der Waals surface area contributed by atoms with Gasteiger partial charge in [-0.25, -0.2) is 8.42 Å². The van der Waals surface area contributed by atoms with E-state index in [2.05, 4.69) is 6.58 Å². The molecule has 1 fully saturated rings. The van der Waals surface area contributed by atoms with E-state index >= 15 is 0 Å². The van der Waals surface area contributed by atoms with Gasteiger partial charge in [0.2, 0.25) is 10.0 Å². The third kappa shape index (κ3) is 2.95. The van der Waals surface area contributed by atoms with Crippen LogP contribution < -0.4 is 0 Å². The molecule has 1 heterocycles. The molecule has 0 amide bonds. The fourth-order valence-corrected chi connectivity index (χ4v) is 3.62. The highest BCUT2D eigenvalue weighted by molar-refractivity contribution is 7.89. The Labute approximate surface area is 119 Å². The molecule has 7 heteroatoms. The molecule has 1 aliphatic carbocycles. The molecule has 0 aromatic carbocycles. The molecule has 1 saturated carbocycles. The molecule has 0 saturated heterocycles. The number of aliphatic hydroxyl groups is 2. The van der Waals surface area contributed by atoms with Gasteiger partial charge in [0, 0.05) is 31.0 Å². The summed E-state index contributed by atoms with van der Waals surface area (Å²) in [6.45, 7) is 3.27. The average molecular weight is 300 g/mol. The third-order valence-electron chi connectivity index (χ3n) is 3.33. The Balaban J connectivity index is 2.34. The predicted molar refractivity (Wildman–Crippen MR) is 74.7 cm³/mol. The second kappa shape index (κ2) is 6.09. The van der Waals surface area contributed by atoms with Crippen LogP contribution in [0.5, 0.6) is 0 Å². The van der Waals surface area contributed by atoms with Gasteiger partial charge in [0.05, 0.1) is 13.2 Å². The van der Waals surface area contributed by atoms with E-state index in [9.17, 15) is 13.5 Å². The quantitative estimate of drug-likeness (QED) is 0.684. The monoisotopic (exact) mass is 300 g/mol. The lowest BCUT2D eigenvalue weighted by atomic mass is 10.4. The van der Waals surface area contributed by atoms with E-state index in [1.165, 1.54) is 16.4 Å². The molecule has 0 bridgehead atoms. The zero-order chi connectivity index (χ0) is 14.8. The first-order valence-electron chi connectivity index (χ1n) is 6.58. The molecule has 0 unspecified atom stereocenters. The van der Waals surface area contributed by atoms with E-state index < -0.39 is 10.0 Å². The van der Waals surface area contributed by atoms with E-state index in [0.29, 0.717) is 11.7 Å². The van der Waals surface area contributed by atoms with Crippen LogP contribution >= 0.6 is 0 Å². The van der Waals surface area contributed by atoms with Crippen LogP contribution in [0.25, 0.3) is 0 Å². The van der Waals surface area contributed by atoms with E-state index in [1.807, 2.05) is 4.57 Å². The Kier molecular flexibility index (Phi) is 4.64. The molecule has 0 radical (unpaired) electrons. The fraction of sp³-hybridized carbons (Fsp3) is 0.538. The minimum atomic E-state index is -3.67. The number of aliphatic hydroxyl groups excluding tert-OH is 2. The lowest BCUT2D eigenvalue weighted by molar-refractivity contribution is 0.260. The lowest BCUT2D eigenvalue weighted by Gasteiger charge is -2.18. The number of hydrogen-bond donors (Lipinski definition) is 2. The fourth-order valence-electron chi connectivity index (χ4n) is 2.17. The Morgan fingerprint density at radius 3 is 2.65 bits per heavy atom. The van der Waals surface area contributed by atoms with Gasteiger partial charge in [0.25, 0.3) is 0 Å². The standard InChI is InChI=1S/C13H20N2O4S/c1-2-5-14(6-7-16)20(18,19)13-8-12(10-17)15(9-13)11-3-4-11/h2,8-9,11,16-17H,1,3-7,10H2. The summed E-state index contributed by atoms with van der Waals surface area (Å²) in [5.41, 5.74) is 0.605. The maximum Gasteiger partial charge on any atom is 0.244 e. The summed E-state index contributed by atoms with van der Waals surface area (Å²) in [7, 11) is -3.67. The predicted octanol–water partition coefficient (Wildman–Crippen LogP) is 0.484. The molecule has 6 nitrogen and oxygen atoms in total. The number of nitrogens with zero attached hydrogens (tertiary/aromatic N) is 2. The van der Waals surface area contributed by atoms with Crippen LogP contribution in [0.4, 0.5) is 0 Å². The van der Waals surface area contributed by atoms with Crippen LogP contribution in [0.2, 0.25) is 0 Å². The second-order valence-electron chi connectivity index (χ2n) is 4.84. The molecule has 1 aromatic rings. The van der Waals surface area contributed by atoms with Crippen molar-refractivity contribution in [3.63, 3.8) is 0 Å². The molecule has 20 heavy (non-hydrogen) atoms. The highest BCUT2D eigenvalue weighted by Gasteiger charge is 2.30. The van der Waals surface area contributed by atoms with Crippen molar-refractivity contribution in [2.24, 2.45) is 0 Å². The minimum Gasteiger partial charge on any atom is -0.395 e. The minimum absolute atomic E-state index is 0.0252. The lowest BCUT2D eigenvalue weighted by Crippen LogP contribution is -2.33. The zero-order valence-electron chi connectivity index (χ0n) is 11.3. The Hall–Kier alpha value is -1.15. The molecular formula is C13H20N2O4S.